The Morgan fingerprint density at radius 3 is 2.42 bits per heavy atom. The normalized spacial score (nSPS) is 17.7. The first-order valence-electron chi connectivity index (χ1n) is 6.69. The van der Waals surface area contributed by atoms with Crippen LogP contribution in [0.1, 0.15) is 52.8 Å². The number of carbonyl (C=O) groups excluding carboxylic acids is 2. The number of amides is 1. The first-order chi connectivity index (χ1) is 9.13. The fourth-order valence-electron chi connectivity index (χ4n) is 2.45. The van der Waals surface area contributed by atoms with Gasteiger partial charge >= 0.3 is 0 Å². The van der Waals surface area contributed by atoms with Crippen LogP contribution in [0.2, 0.25) is 0 Å². The van der Waals surface area contributed by atoms with E-state index in [1.165, 1.54) is 0 Å². The van der Waals surface area contributed by atoms with Gasteiger partial charge in [-0.15, -0.1) is 0 Å². The lowest BCUT2D eigenvalue weighted by molar-refractivity contribution is 0.00525. The van der Waals surface area contributed by atoms with Crippen molar-refractivity contribution in [2.24, 2.45) is 0 Å². The molecular formula is C15H19NO3. The summed E-state index contributed by atoms with van der Waals surface area (Å²) in [5.41, 5.74) is 0.295. The number of aldehydes is 1. The Labute approximate surface area is 112 Å². The van der Waals surface area contributed by atoms with Gasteiger partial charge in [0.1, 0.15) is 6.29 Å². The highest BCUT2D eigenvalue weighted by molar-refractivity contribution is 5.94. The molecule has 0 heterocycles. The number of hydrogen-bond donors (Lipinski definition) is 2. The zero-order chi connectivity index (χ0) is 13.7. The first-order valence-corrected chi connectivity index (χ1v) is 6.69. The highest BCUT2D eigenvalue weighted by Gasteiger charge is 2.29. The first kappa shape index (κ1) is 13.7. The van der Waals surface area contributed by atoms with Crippen molar-refractivity contribution in [3.8, 4) is 0 Å². The van der Waals surface area contributed by atoms with Crippen molar-refractivity contribution in [1.82, 2.24) is 5.32 Å². The summed E-state index contributed by atoms with van der Waals surface area (Å²) in [4.78, 5) is 22.4. The van der Waals surface area contributed by atoms with Crippen LogP contribution in [0.25, 0.3) is 0 Å². The van der Waals surface area contributed by atoms with Gasteiger partial charge in [0.25, 0.3) is 5.91 Å². The van der Waals surface area contributed by atoms with Gasteiger partial charge < -0.3 is 10.4 Å². The largest absolute Gasteiger partial charge is 0.388 e. The SMILES string of the molecule is O=Cc1ccc(C(=O)NCC2(O)CCCCC2)cc1. The summed E-state index contributed by atoms with van der Waals surface area (Å²) >= 11 is 0. The highest BCUT2D eigenvalue weighted by atomic mass is 16.3. The average Bonchev–Trinajstić information content (AvgIpc) is 2.46. The number of benzene rings is 1. The minimum absolute atomic E-state index is 0.212. The van der Waals surface area contributed by atoms with E-state index >= 15 is 0 Å². The van der Waals surface area contributed by atoms with E-state index in [2.05, 4.69) is 5.32 Å². The van der Waals surface area contributed by atoms with E-state index in [0.717, 1.165) is 38.4 Å². The molecule has 0 saturated heterocycles. The summed E-state index contributed by atoms with van der Waals surface area (Å²) in [5, 5.41) is 13.1. The predicted molar refractivity (Wildman–Crippen MR) is 72.2 cm³/mol. The predicted octanol–water partition coefficient (Wildman–Crippen LogP) is 1.92. The fourth-order valence-corrected chi connectivity index (χ4v) is 2.45. The highest BCUT2D eigenvalue weighted by Crippen LogP contribution is 2.27. The lowest BCUT2D eigenvalue weighted by atomic mass is 9.85. The van der Waals surface area contributed by atoms with Crippen molar-refractivity contribution in [2.75, 3.05) is 6.54 Å². The molecule has 1 aromatic carbocycles. The van der Waals surface area contributed by atoms with Crippen LogP contribution in [0.3, 0.4) is 0 Å². The molecule has 4 nitrogen and oxygen atoms in total. The lowest BCUT2D eigenvalue weighted by Gasteiger charge is -2.32. The third-order valence-corrected chi connectivity index (χ3v) is 3.67. The molecule has 4 heteroatoms. The Hall–Kier alpha value is -1.68. The number of nitrogens with one attached hydrogen (secondary N) is 1. The molecule has 2 rings (SSSR count). The van der Waals surface area contributed by atoms with Crippen LogP contribution in [0.15, 0.2) is 24.3 Å². The molecule has 1 fully saturated rings. The Balaban J connectivity index is 1.91. The van der Waals surface area contributed by atoms with Gasteiger partial charge in [-0.3, -0.25) is 9.59 Å². The molecule has 19 heavy (non-hydrogen) atoms. The van der Waals surface area contributed by atoms with Gasteiger partial charge in [-0.05, 0) is 25.0 Å². The minimum atomic E-state index is -0.753. The van der Waals surface area contributed by atoms with E-state index in [4.69, 9.17) is 0 Å². The average molecular weight is 261 g/mol. The molecule has 0 spiro atoms. The molecular weight excluding hydrogens is 242 g/mol. The van der Waals surface area contributed by atoms with Crippen molar-refractivity contribution in [3.05, 3.63) is 35.4 Å². The third kappa shape index (κ3) is 3.64. The van der Waals surface area contributed by atoms with E-state index in [1.54, 1.807) is 24.3 Å². The van der Waals surface area contributed by atoms with Gasteiger partial charge in [0.05, 0.1) is 5.60 Å². The van der Waals surface area contributed by atoms with Crippen LogP contribution >= 0.6 is 0 Å². The molecule has 1 aromatic rings. The molecule has 102 valence electrons. The molecule has 0 bridgehead atoms. The summed E-state index contributed by atoms with van der Waals surface area (Å²) in [7, 11) is 0. The summed E-state index contributed by atoms with van der Waals surface area (Å²) in [5.74, 6) is -0.212. The second-order valence-electron chi connectivity index (χ2n) is 5.21. The van der Waals surface area contributed by atoms with Gasteiger partial charge in [-0.2, -0.15) is 0 Å². The van der Waals surface area contributed by atoms with Crippen LogP contribution in [0.5, 0.6) is 0 Å². The maximum Gasteiger partial charge on any atom is 0.251 e. The smallest absolute Gasteiger partial charge is 0.251 e. The van der Waals surface area contributed by atoms with Crippen molar-refractivity contribution in [2.45, 2.75) is 37.7 Å². The monoisotopic (exact) mass is 261 g/mol. The lowest BCUT2D eigenvalue weighted by Crippen LogP contribution is -2.44. The number of aliphatic hydroxyl groups is 1. The molecule has 2 N–H and O–H groups in total. The Bertz CT molecular complexity index is 447. The minimum Gasteiger partial charge on any atom is -0.388 e. The van der Waals surface area contributed by atoms with Crippen LogP contribution in [0, 0.1) is 0 Å². The van der Waals surface area contributed by atoms with Gasteiger partial charge in [-0.1, -0.05) is 31.4 Å². The molecule has 1 saturated carbocycles. The summed E-state index contributed by atoms with van der Waals surface area (Å²) in [6.45, 7) is 0.293. The maximum atomic E-state index is 11.9. The summed E-state index contributed by atoms with van der Waals surface area (Å²) < 4.78 is 0. The van der Waals surface area contributed by atoms with Gasteiger partial charge in [0.15, 0.2) is 0 Å². The van der Waals surface area contributed by atoms with E-state index in [0.29, 0.717) is 17.7 Å². The molecule has 0 aliphatic heterocycles. The zero-order valence-corrected chi connectivity index (χ0v) is 10.9. The van der Waals surface area contributed by atoms with Gasteiger partial charge in [0.2, 0.25) is 0 Å². The Morgan fingerprint density at radius 1 is 1.21 bits per heavy atom. The van der Waals surface area contributed by atoms with Crippen LogP contribution < -0.4 is 5.32 Å². The standard InChI is InChI=1S/C15H19NO3/c17-10-12-4-6-13(7-5-12)14(18)16-11-15(19)8-2-1-3-9-15/h4-7,10,19H,1-3,8-9,11H2,(H,16,18). The van der Waals surface area contributed by atoms with E-state index in [9.17, 15) is 14.7 Å². The van der Waals surface area contributed by atoms with E-state index < -0.39 is 5.60 Å². The van der Waals surface area contributed by atoms with Crippen LogP contribution in [-0.2, 0) is 0 Å². The van der Waals surface area contributed by atoms with Gasteiger partial charge in [0, 0.05) is 17.7 Å². The Kier molecular flexibility index (Phi) is 4.32. The molecule has 0 aromatic heterocycles. The molecule has 1 aliphatic rings. The van der Waals surface area contributed by atoms with Crippen LogP contribution in [0.4, 0.5) is 0 Å². The van der Waals surface area contributed by atoms with E-state index in [-0.39, 0.29) is 5.91 Å². The fraction of sp³-hybridized carbons (Fsp3) is 0.467. The molecule has 1 amide bonds. The quantitative estimate of drug-likeness (QED) is 0.814. The second kappa shape index (κ2) is 5.97. The maximum absolute atomic E-state index is 11.9. The van der Waals surface area contributed by atoms with E-state index in [1.807, 2.05) is 0 Å². The Morgan fingerprint density at radius 2 is 1.84 bits per heavy atom. The summed E-state index contributed by atoms with van der Waals surface area (Å²) in [6.07, 6.45) is 5.42. The number of rotatable bonds is 4. The third-order valence-electron chi connectivity index (χ3n) is 3.67. The topological polar surface area (TPSA) is 66.4 Å². The molecule has 0 unspecified atom stereocenters. The number of carbonyl (C=O) groups is 2. The van der Waals surface area contributed by atoms with Crippen molar-refractivity contribution >= 4 is 12.2 Å². The zero-order valence-electron chi connectivity index (χ0n) is 10.9. The molecule has 0 radical (unpaired) electrons. The van der Waals surface area contributed by atoms with Crippen molar-refractivity contribution in [3.63, 3.8) is 0 Å². The number of hydrogen-bond acceptors (Lipinski definition) is 3. The van der Waals surface area contributed by atoms with Crippen LogP contribution in [-0.4, -0.2) is 29.4 Å². The van der Waals surface area contributed by atoms with Crippen molar-refractivity contribution in [1.29, 1.82) is 0 Å². The van der Waals surface area contributed by atoms with Crippen molar-refractivity contribution < 1.29 is 14.7 Å². The molecule has 1 aliphatic carbocycles. The summed E-state index contributed by atoms with van der Waals surface area (Å²) in [6, 6.07) is 6.45. The molecule has 0 atom stereocenters. The second-order valence-corrected chi connectivity index (χ2v) is 5.21. The van der Waals surface area contributed by atoms with Gasteiger partial charge in [-0.25, -0.2) is 0 Å².